The average Bonchev–Trinajstić information content (AvgIpc) is 2.83. The van der Waals surface area contributed by atoms with Crippen molar-refractivity contribution >= 4 is 34.1 Å². The molecule has 5 heteroatoms. The van der Waals surface area contributed by atoms with Crippen molar-refractivity contribution in [2.24, 2.45) is 0 Å². The fourth-order valence-electron chi connectivity index (χ4n) is 2.68. The normalized spacial score (nSPS) is 11.3. The summed E-state index contributed by atoms with van der Waals surface area (Å²) in [5.41, 5.74) is 4.41. The van der Waals surface area contributed by atoms with E-state index in [0.717, 1.165) is 16.6 Å². The highest BCUT2D eigenvalue weighted by Gasteiger charge is 2.10. The first-order valence-corrected chi connectivity index (χ1v) is 8.02. The first-order valence-electron chi connectivity index (χ1n) is 7.27. The van der Waals surface area contributed by atoms with Gasteiger partial charge in [0.1, 0.15) is 6.61 Å². The fraction of sp³-hybridized carbons (Fsp3) is 0.222. The maximum absolute atomic E-state index is 6.32. The van der Waals surface area contributed by atoms with Gasteiger partial charge in [-0.3, -0.25) is 0 Å². The lowest BCUT2D eigenvalue weighted by molar-refractivity contribution is -0.282. The third-order valence-electron chi connectivity index (χ3n) is 3.86. The van der Waals surface area contributed by atoms with E-state index in [-0.39, 0.29) is 0 Å². The van der Waals surface area contributed by atoms with Crippen LogP contribution in [0.3, 0.4) is 0 Å². The molecule has 0 N–H and O–H groups in total. The summed E-state index contributed by atoms with van der Waals surface area (Å²) in [5, 5.41) is 2.51. The Morgan fingerprint density at radius 3 is 2.61 bits per heavy atom. The zero-order valence-electron chi connectivity index (χ0n) is 13.0. The van der Waals surface area contributed by atoms with Gasteiger partial charge in [0.05, 0.1) is 7.11 Å². The minimum absolute atomic E-state index is 0.415. The van der Waals surface area contributed by atoms with Gasteiger partial charge in [-0.2, -0.15) is 0 Å². The van der Waals surface area contributed by atoms with Crippen LogP contribution < -0.4 is 0 Å². The minimum atomic E-state index is 0.415. The molecule has 0 radical (unpaired) electrons. The van der Waals surface area contributed by atoms with E-state index in [1.54, 1.807) is 6.07 Å². The first-order chi connectivity index (χ1) is 11.1. The van der Waals surface area contributed by atoms with E-state index in [1.807, 2.05) is 18.2 Å². The number of fused-ring (bicyclic) bond motifs is 1. The summed E-state index contributed by atoms with van der Waals surface area (Å²) in [6.07, 6.45) is 0. The van der Waals surface area contributed by atoms with Crippen molar-refractivity contribution in [1.82, 2.24) is 4.57 Å². The van der Waals surface area contributed by atoms with Crippen LogP contribution >= 0.6 is 23.2 Å². The lowest BCUT2D eigenvalue weighted by Gasteiger charge is -2.11. The van der Waals surface area contributed by atoms with Crippen LogP contribution in [0.2, 0.25) is 10.0 Å². The highest BCUT2D eigenvalue weighted by molar-refractivity contribution is 6.35. The van der Waals surface area contributed by atoms with Gasteiger partial charge >= 0.3 is 0 Å². The molecule has 23 heavy (non-hydrogen) atoms. The van der Waals surface area contributed by atoms with Crippen molar-refractivity contribution in [3.63, 3.8) is 0 Å². The highest BCUT2D eigenvalue weighted by Crippen LogP contribution is 2.26. The van der Waals surface area contributed by atoms with E-state index in [1.165, 1.54) is 18.2 Å². The SMILES string of the molecule is COOCc1ccc2cc(C)n(Cc3ccc(Cl)cc3Cl)c2c1. The van der Waals surface area contributed by atoms with E-state index in [2.05, 4.69) is 34.6 Å². The summed E-state index contributed by atoms with van der Waals surface area (Å²) in [6.45, 7) is 3.20. The van der Waals surface area contributed by atoms with Crippen molar-refractivity contribution in [3.05, 3.63) is 69.3 Å². The molecule has 2 aromatic carbocycles. The molecular weight excluding hydrogens is 333 g/mol. The van der Waals surface area contributed by atoms with Crippen LogP contribution in [0.15, 0.2) is 42.5 Å². The Balaban J connectivity index is 2.00. The van der Waals surface area contributed by atoms with Crippen molar-refractivity contribution < 1.29 is 9.78 Å². The lowest BCUT2D eigenvalue weighted by atomic mass is 10.1. The largest absolute Gasteiger partial charge is 0.340 e. The maximum Gasteiger partial charge on any atom is 0.107 e. The minimum Gasteiger partial charge on any atom is -0.340 e. The molecule has 0 bridgehead atoms. The summed E-state index contributed by atoms with van der Waals surface area (Å²) >= 11 is 12.3. The second-order valence-corrected chi connectivity index (χ2v) is 6.27. The van der Waals surface area contributed by atoms with Gasteiger partial charge in [0.25, 0.3) is 0 Å². The Morgan fingerprint density at radius 2 is 1.87 bits per heavy atom. The van der Waals surface area contributed by atoms with Crippen LogP contribution in [0, 0.1) is 6.92 Å². The van der Waals surface area contributed by atoms with Crippen LogP contribution in [0.5, 0.6) is 0 Å². The maximum atomic E-state index is 6.32. The van der Waals surface area contributed by atoms with Gasteiger partial charge in [-0.1, -0.05) is 41.4 Å². The van der Waals surface area contributed by atoms with E-state index in [0.29, 0.717) is 23.2 Å². The van der Waals surface area contributed by atoms with Gasteiger partial charge in [0.2, 0.25) is 0 Å². The van der Waals surface area contributed by atoms with Crippen LogP contribution in [-0.4, -0.2) is 11.7 Å². The summed E-state index contributed by atoms with van der Waals surface area (Å²) in [6, 6.07) is 14.0. The zero-order valence-corrected chi connectivity index (χ0v) is 14.5. The highest BCUT2D eigenvalue weighted by atomic mass is 35.5. The van der Waals surface area contributed by atoms with Crippen LogP contribution in [0.4, 0.5) is 0 Å². The smallest absolute Gasteiger partial charge is 0.107 e. The molecule has 120 valence electrons. The number of hydrogen-bond donors (Lipinski definition) is 0. The topological polar surface area (TPSA) is 23.4 Å². The molecule has 0 amide bonds. The van der Waals surface area contributed by atoms with E-state index in [4.69, 9.17) is 28.1 Å². The molecule has 0 fully saturated rings. The Hall–Kier alpha value is -1.52. The summed E-state index contributed by atoms with van der Waals surface area (Å²) < 4.78 is 2.24. The van der Waals surface area contributed by atoms with Crippen molar-refractivity contribution in [2.75, 3.05) is 7.11 Å². The molecular formula is C18H17Cl2NO2. The molecule has 0 saturated heterocycles. The number of hydrogen-bond acceptors (Lipinski definition) is 2. The second-order valence-electron chi connectivity index (χ2n) is 5.43. The Bertz CT molecular complexity index is 842. The monoisotopic (exact) mass is 349 g/mol. The quantitative estimate of drug-likeness (QED) is 0.455. The number of nitrogens with zero attached hydrogens (tertiary/aromatic N) is 1. The number of halogens is 2. The van der Waals surface area contributed by atoms with E-state index in [9.17, 15) is 0 Å². The number of aryl methyl sites for hydroxylation is 1. The number of benzene rings is 2. The molecule has 0 atom stereocenters. The van der Waals surface area contributed by atoms with Gasteiger partial charge in [-0.15, -0.1) is 0 Å². The Labute approximate surface area is 145 Å². The molecule has 0 saturated carbocycles. The fourth-order valence-corrected chi connectivity index (χ4v) is 3.15. The van der Waals surface area contributed by atoms with E-state index < -0.39 is 0 Å². The Morgan fingerprint density at radius 1 is 1.04 bits per heavy atom. The molecule has 1 aromatic heterocycles. The summed E-state index contributed by atoms with van der Waals surface area (Å²) in [7, 11) is 1.51. The lowest BCUT2D eigenvalue weighted by Crippen LogP contribution is -2.02. The average molecular weight is 350 g/mol. The van der Waals surface area contributed by atoms with Crippen molar-refractivity contribution in [3.8, 4) is 0 Å². The Kier molecular flexibility index (Phi) is 4.93. The standard InChI is InChI=1S/C18H17Cl2NO2/c1-12-7-14-4-3-13(11-23-22-2)8-18(14)21(12)10-15-5-6-16(19)9-17(15)20/h3-9H,10-11H2,1-2H3. The van der Waals surface area contributed by atoms with Gasteiger partial charge in [0, 0.05) is 27.8 Å². The zero-order chi connectivity index (χ0) is 16.4. The molecule has 3 nitrogen and oxygen atoms in total. The van der Waals surface area contributed by atoms with Gasteiger partial charge in [0.15, 0.2) is 0 Å². The molecule has 1 heterocycles. The van der Waals surface area contributed by atoms with Gasteiger partial charge in [-0.05, 0) is 47.7 Å². The second kappa shape index (κ2) is 6.93. The number of aromatic nitrogens is 1. The molecule has 0 spiro atoms. The predicted octanol–water partition coefficient (Wildman–Crippen LogP) is 5.38. The molecule has 0 aliphatic carbocycles. The van der Waals surface area contributed by atoms with Crippen molar-refractivity contribution in [1.29, 1.82) is 0 Å². The van der Waals surface area contributed by atoms with Crippen LogP contribution in [0.25, 0.3) is 10.9 Å². The molecule has 0 unspecified atom stereocenters. The third kappa shape index (κ3) is 3.54. The van der Waals surface area contributed by atoms with Crippen LogP contribution in [-0.2, 0) is 22.9 Å². The predicted molar refractivity (Wildman–Crippen MR) is 94.0 cm³/mol. The summed E-state index contributed by atoms with van der Waals surface area (Å²) in [4.78, 5) is 9.70. The molecule has 3 aromatic rings. The number of rotatable bonds is 5. The third-order valence-corrected chi connectivity index (χ3v) is 4.45. The van der Waals surface area contributed by atoms with Gasteiger partial charge in [-0.25, -0.2) is 9.78 Å². The molecule has 0 aliphatic rings. The van der Waals surface area contributed by atoms with Crippen LogP contribution in [0.1, 0.15) is 16.8 Å². The summed E-state index contributed by atoms with van der Waals surface area (Å²) in [5.74, 6) is 0. The van der Waals surface area contributed by atoms with E-state index >= 15 is 0 Å². The van der Waals surface area contributed by atoms with Crippen molar-refractivity contribution in [2.45, 2.75) is 20.1 Å². The molecule has 3 rings (SSSR count). The molecule has 0 aliphatic heterocycles. The van der Waals surface area contributed by atoms with Gasteiger partial charge < -0.3 is 4.57 Å². The first kappa shape index (κ1) is 16.3.